The number of nitrogens with two attached hydrogens (primary N) is 1. The highest BCUT2D eigenvalue weighted by Gasteiger charge is 2.38. The second-order valence-corrected chi connectivity index (χ2v) is 14.6. The number of nitrogen functional groups attached to an aromatic ring is 1. The van der Waals surface area contributed by atoms with Crippen molar-refractivity contribution in [3.8, 4) is 0 Å². The molecule has 0 bridgehead atoms. The van der Waals surface area contributed by atoms with Gasteiger partial charge in [0.05, 0.1) is 28.5 Å². The van der Waals surface area contributed by atoms with Crippen LogP contribution in [0.2, 0.25) is 5.02 Å². The number of fused-ring (bicyclic) bond motifs is 1. The summed E-state index contributed by atoms with van der Waals surface area (Å²) < 4.78 is 41.3. The lowest BCUT2D eigenvalue weighted by Gasteiger charge is -2.43. The molecule has 11 nitrogen and oxygen atoms in total. The fourth-order valence-electron chi connectivity index (χ4n) is 7.22. The third-order valence-corrected chi connectivity index (χ3v) is 11.3. The number of anilines is 2. The number of likely N-dealkylation sites (tertiary alicyclic amines) is 2. The number of amides is 5. The molecule has 1 aromatic carbocycles. The van der Waals surface area contributed by atoms with Crippen molar-refractivity contribution in [3.63, 3.8) is 0 Å². The van der Waals surface area contributed by atoms with E-state index >= 15 is 0 Å². The predicted octanol–water partition coefficient (Wildman–Crippen LogP) is 4.37. The van der Waals surface area contributed by atoms with Gasteiger partial charge in [-0.2, -0.15) is 13.2 Å². The number of alkyl halides is 3. The molecule has 1 atom stereocenters. The lowest BCUT2D eigenvalue weighted by atomic mass is 9.98. The fraction of sp³-hybridized carbons (Fsp3) is 0.594. The normalized spacial score (nSPS) is 21.2. The van der Waals surface area contributed by atoms with Crippen molar-refractivity contribution in [1.82, 2.24) is 29.8 Å². The van der Waals surface area contributed by atoms with E-state index in [4.69, 9.17) is 17.3 Å². The SMILES string of the molecule is CN1CCN(C2CCN(C(=O)[C@@H](Cc3cc(Cl)c(N)c(C(F)(F)F)c3)NC(=O)N3CCC(N4Cc5sccc5NC4=O)CC3)CC2)CC1. The van der Waals surface area contributed by atoms with Crippen LogP contribution in [0, 0.1) is 0 Å². The average molecular weight is 711 g/mol. The Hall–Kier alpha value is -3.27. The van der Waals surface area contributed by atoms with E-state index in [0.717, 1.165) is 55.7 Å². The summed E-state index contributed by atoms with van der Waals surface area (Å²) in [5.74, 6) is -0.340. The molecule has 6 rings (SSSR count). The van der Waals surface area contributed by atoms with E-state index in [1.165, 1.54) is 6.07 Å². The van der Waals surface area contributed by atoms with Gasteiger partial charge < -0.3 is 36.0 Å². The molecule has 1 aromatic heterocycles. The van der Waals surface area contributed by atoms with Crippen molar-refractivity contribution in [2.75, 3.05) is 70.5 Å². The van der Waals surface area contributed by atoms with Gasteiger partial charge in [-0.15, -0.1) is 11.3 Å². The maximum atomic E-state index is 14.0. The van der Waals surface area contributed by atoms with Gasteiger partial charge in [-0.3, -0.25) is 9.69 Å². The number of carbonyl (C=O) groups is 3. The molecule has 0 radical (unpaired) electrons. The average Bonchev–Trinajstić information content (AvgIpc) is 3.52. The minimum absolute atomic E-state index is 0.0546. The number of piperazine rings is 1. The Morgan fingerprint density at radius 1 is 1.02 bits per heavy atom. The highest BCUT2D eigenvalue weighted by atomic mass is 35.5. The monoisotopic (exact) mass is 710 g/mol. The molecule has 0 aliphatic carbocycles. The molecular formula is C32H42ClF3N8O3S. The van der Waals surface area contributed by atoms with Crippen molar-refractivity contribution in [1.29, 1.82) is 0 Å². The van der Waals surface area contributed by atoms with Crippen molar-refractivity contribution in [2.24, 2.45) is 0 Å². The first kappa shape index (κ1) is 34.6. The number of benzene rings is 1. The number of hydrogen-bond donors (Lipinski definition) is 3. The summed E-state index contributed by atoms with van der Waals surface area (Å²) >= 11 is 7.70. The van der Waals surface area contributed by atoms with E-state index in [9.17, 15) is 27.6 Å². The molecule has 0 unspecified atom stereocenters. The van der Waals surface area contributed by atoms with Crippen LogP contribution in [0.25, 0.3) is 0 Å². The largest absolute Gasteiger partial charge is 0.418 e. The van der Waals surface area contributed by atoms with Gasteiger partial charge in [0.15, 0.2) is 0 Å². The summed E-state index contributed by atoms with van der Waals surface area (Å²) in [6, 6.07) is 2.68. The van der Waals surface area contributed by atoms with E-state index in [-0.39, 0.29) is 35.0 Å². The van der Waals surface area contributed by atoms with Crippen molar-refractivity contribution < 1.29 is 27.6 Å². The van der Waals surface area contributed by atoms with E-state index in [0.29, 0.717) is 51.6 Å². The molecule has 262 valence electrons. The number of piperidine rings is 2. The van der Waals surface area contributed by atoms with E-state index in [1.807, 2.05) is 11.4 Å². The quantitative estimate of drug-likeness (QED) is 0.384. The van der Waals surface area contributed by atoms with Crippen molar-refractivity contribution in [2.45, 2.75) is 63.0 Å². The molecule has 16 heteroatoms. The molecule has 3 saturated heterocycles. The van der Waals surface area contributed by atoms with Crippen LogP contribution in [0.4, 0.5) is 34.1 Å². The summed E-state index contributed by atoms with van der Waals surface area (Å²) in [6.07, 6.45) is -2.23. The first-order chi connectivity index (χ1) is 22.9. The van der Waals surface area contributed by atoms with Gasteiger partial charge in [0.1, 0.15) is 6.04 Å². The van der Waals surface area contributed by atoms with Crippen molar-refractivity contribution in [3.05, 3.63) is 44.6 Å². The third-order valence-electron chi connectivity index (χ3n) is 10.1. The van der Waals surface area contributed by atoms with Gasteiger partial charge in [0, 0.05) is 75.7 Å². The number of hydrogen-bond acceptors (Lipinski definition) is 7. The molecule has 5 amide bonds. The van der Waals surface area contributed by atoms with Crippen LogP contribution in [0.5, 0.6) is 0 Å². The van der Waals surface area contributed by atoms with Crippen LogP contribution < -0.4 is 16.4 Å². The maximum absolute atomic E-state index is 14.0. The topological polar surface area (TPSA) is 117 Å². The standard InChI is InChI=1S/C32H42ClF3N8O3S/c1-40-11-13-41(14-12-40)21-2-7-42(8-3-21)29(45)26(18-20-16-23(32(34,35)36)28(37)24(33)17-20)39-30(46)43-9-4-22(5-10-43)44-19-27-25(6-15-48-27)38-31(44)47/h6,15-17,21-22,26H,2-5,7-14,18-19,37H2,1H3,(H,38,47)(H,39,46)/t26-/m1/s1. The van der Waals surface area contributed by atoms with Crippen LogP contribution in [0.15, 0.2) is 23.6 Å². The van der Waals surface area contributed by atoms with Gasteiger partial charge in [-0.25, -0.2) is 9.59 Å². The van der Waals surface area contributed by atoms with E-state index in [1.54, 1.807) is 26.0 Å². The molecule has 4 N–H and O–H groups in total. The second-order valence-electron chi connectivity index (χ2n) is 13.2. The van der Waals surface area contributed by atoms with Gasteiger partial charge in [0.25, 0.3) is 0 Å². The summed E-state index contributed by atoms with van der Waals surface area (Å²) in [7, 11) is 2.11. The molecule has 0 spiro atoms. The minimum atomic E-state index is -4.74. The summed E-state index contributed by atoms with van der Waals surface area (Å²) in [5.41, 5.74) is 4.99. The zero-order valence-corrected chi connectivity index (χ0v) is 28.5. The zero-order chi connectivity index (χ0) is 34.2. The minimum Gasteiger partial charge on any atom is -0.397 e. The van der Waals surface area contributed by atoms with Crippen molar-refractivity contribution >= 4 is 52.3 Å². The number of nitrogens with one attached hydrogen (secondary N) is 2. The number of carbonyl (C=O) groups excluding carboxylic acids is 3. The smallest absolute Gasteiger partial charge is 0.397 e. The Morgan fingerprint density at radius 3 is 2.33 bits per heavy atom. The number of nitrogens with zero attached hydrogens (tertiary/aromatic N) is 5. The highest BCUT2D eigenvalue weighted by Crippen LogP contribution is 2.38. The second kappa shape index (κ2) is 14.3. The molecule has 3 fully saturated rings. The summed E-state index contributed by atoms with van der Waals surface area (Å²) in [6.45, 7) is 6.17. The maximum Gasteiger partial charge on any atom is 0.418 e. The number of thiophene rings is 1. The highest BCUT2D eigenvalue weighted by molar-refractivity contribution is 7.10. The molecular weight excluding hydrogens is 669 g/mol. The number of urea groups is 2. The Kier molecular flexibility index (Phi) is 10.3. The first-order valence-corrected chi connectivity index (χ1v) is 17.7. The van der Waals surface area contributed by atoms with Crippen LogP contribution in [0.1, 0.15) is 41.7 Å². The molecule has 2 aromatic rings. The van der Waals surface area contributed by atoms with Crippen LogP contribution >= 0.6 is 22.9 Å². The third kappa shape index (κ3) is 7.63. The van der Waals surface area contributed by atoms with Gasteiger partial charge >= 0.3 is 18.2 Å². The zero-order valence-electron chi connectivity index (χ0n) is 26.9. The molecule has 4 aliphatic heterocycles. The predicted molar refractivity (Wildman–Crippen MR) is 179 cm³/mol. The van der Waals surface area contributed by atoms with Gasteiger partial charge in [0.2, 0.25) is 5.91 Å². The summed E-state index contributed by atoms with van der Waals surface area (Å²) in [4.78, 5) is 51.3. The van der Waals surface area contributed by atoms with Gasteiger partial charge in [-0.1, -0.05) is 11.6 Å². The van der Waals surface area contributed by atoms with Crippen LogP contribution in [-0.2, 0) is 23.9 Å². The Morgan fingerprint density at radius 2 is 1.67 bits per heavy atom. The molecule has 48 heavy (non-hydrogen) atoms. The van der Waals surface area contributed by atoms with E-state index < -0.39 is 29.5 Å². The van der Waals surface area contributed by atoms with Crippen LogP contribution in [-0.4, -0.2) is 120 Å². The first-order valence-electron chi connectivity index (χ1n) is 16.4. The molecule has 4 aliphatic rings. The Labute approximate surface area is 287 Å². The number of likely N-dealkylation sites (N-methyl/N-ethyl adjacent to an activating group) is 1. The fourth-order valence-corrected chi connectivity index (χ4v) is 8.29. The molecule has 5 heterocycles. The van der Waals surface area contributed by atoms with Crippen LogP contribution in [0.3, 0.4) is 0 Å². The lowest BCUT2D eigenvalue weighted by molar-refractivity contribution is -0.137. The Bertz CT molecular complexity index is 1500. The molecule has 0 saturated carbocycles. The Balaban J connectivity index is 1.13. The van der Waals surface area contributed by atoms with Gasteiger partial charge in [-0.05, 0) is 61.9 Å². The number of rotatable bonds is 6. The number of halogens is 4. The van der Waals surface area contributed by atoms with E-state index in [2.05, 4.69) is 27.5 Å². The lowest BCUT2D eigenvalue weighted by Crippen LogP contribution is -2.58. The summed E-state index contributed by atoms with van der Waals surface area (Å²) in [5, 5.41) is 7.46.